The van der Waals surface area contributed by atoms with Crippen molar-refractivity contribution in [1.29, 1.82) is 0 Å². The van der Waals surface area contributed by atoms with Crippen molar-refractivity contribution in [2.75, 3.05) is 33.7 Å². The van der Waals surface area contributed by atoms with Gasteiger partial charge >= 0.3 is 0 Å². The Hall–Kier alpha value is -2.16. The molecular weight excluding hydrogens is 445 g/mol. The molecule has 2 aromatic carbocycles. The van der Waals surface area contributed by atoms with E-state index >= 15 is 0 Å². The molecule has 0 aromatic heterocycles. The first-order chi connectivity index (χ1) is 12.1. The largest absolute Gasteiger partial charge is 0.496 e. The van der Waals surface area contributed by atoms with Crippen LogP contribution in [0.25, 0.3) is 0 Å². The second-order valence-corrected chi connectivity index (χ2v) is 5.42. The minimum Gasteiger partial charge on any atom is -0.496 e. The van der Waals surface area contributed by atoms with E-state index in [2.05, 4.69) is 21.7 Å². The van der Waals surface area contributed by atoms with Crippen LogP contribution in [0.4, 0.5) is 5.69 Å². The summed E-state index contributed by atoms with van der Waals surface area (Å²) in [6, 6.07) is 11.7. The van der Waals surface area contributed by atoms with Crippen LogP contribution in [0.1, 0.15) is 11.1 Å². The summed E-state index contributed by atoms with van der Waals surface area (Å²) >= 11 is 0. The molecule has 7 heteroatoms. The molecule has 142 valence electrons. The van der Waals surface area contributed by atoms with Crippen molar-refractivity contribution in [3.63, 3.8) is 0 Å². The van der Waals surface area contributed by atoms with Gasteiger partial charge in [0.05, 0.1) is 21.3 Å². The maximum atomic E-state index is 5.36. The first-order valence-electron chi connectivity index (χ1n) is 7.94. The summed E-state index contributed by atoms with van der Waals surface area (Å²) in [6.45, 7) is 2.65. The fourth-order valence-corrected chi connectivity index (χ4v) is 2.39. The van der Waals surface area contributed by atoms with Gasteiger partial charge in [0.2, 0.25) is 0 Å². The van der Waals surface area contributed by atoms with Crippen LogP contribution >= 0.6 is 24.0 Å². The van der Waals surface area contributed by atoms with Gasteiger partial charge in [0.25, 0.3) is 0 Å². The molecule has 0 saturated heterocycles. The van der Waals surface area contributed by atoms with Crippen molar-refractivity contribution in [2.24, 2.45) is 4.99 Å². The van der Waals surface area contributed by atoms with Gasteiger partial charge in [-0.2, -0.15) is 0 Å². The number of nitrogens with zero attached hydrogens (tertiary/aromatic N) is 1. The third-order valence-electron chi connectivity index (χ3n) is 3.80. The molecule has 0 spiro atoms. The summed E-state index contributed by atoms with van der Waals surface area (Å²) in [5, 5.41) is 6.52. The van der Waals surface area contributed by atoms with Gasteiger partial charge in [0.1, 0.15) is 5.75 Å². The van der Waals surface area contributed by atoms with Gasteiger partial charge in [-0.05, 0) is 36.2 Å². The van der Waals surface area contributed by atoms with E-state index in [1.165, 1.54) is 0 Å². The van der Waals surface area contributed by atoms with Crippen molar-refractivity contribution in [2.45, 2.75) is 13.5 Å². The van der Waals surface area contributed by atoms with E-state index in [9.17, 15) is 0 Å². The van der Waals surface area contributed by atoms with E-state index in [0.717, 1.165) is 22.6 Å². The molecule has 0 bridgehead atoms. The molecule has 0 amide bonds. The molecule has 2 rings (SSSR count). The van der Waals surface area contributed by atoms with Crippen LogP contribution in [0.15, 0.2) is 41.4 Å². The number of anilines is 1. The lowest BCUT2D eigenvalue weighted by molar-refractivity contribution is 0.355. The molecule has 0 aliphatic rings. The zero-order valence-corrected chi connectivity index (χ0v) is 18.1. The van der Waals surface area contributed by atoms with Gasteiger partial charge in [-0.25, -0.2) is 0 Å². The molecule has 0 heterocycles. The Kier molecular flexibility index (Phi) is 9.04. The molecule has 6 nitrogen and oxygen atoms in total. The Morgan fingerprint density at radius 1 is 0.923 bits per heavy atom. The van der Waals surface area contributed by atoms with Gasteiger partial charge in [0.15, 0.2) is 17.5 Å². The van der Waals surface area contributed by atoms with E-state index < -0.39 is 0 Å². The first kappa shape index (κ1) is 21.9. The number of methoxy groups -OCH3 is 3. The van der Waals surface area contributed by atoms with Crippen LogP contribution in [-0.2, 0) is 6.54 Å². The maximum Gasteiger partial charge on any atom is 0.195 e. The standard InChI is InChI=1S/C19H25N3O3.HI/c1-13-6-7-14(10-17(13)24-4)12-21-19(20-2)22-15-8-9-16(23-3)18(11-15)25-5;/h6-11H,12H2,1-5H3,(H2,20,21,22);1H. The number of nitrogens with one attached hydrogen (secondary N) is 2. The van der Waals surface area contributed by atoms with E-state index in [4.69, 9.17) is 14.2 Å². The Morgan fingerprint density at radius 3 is 2.23 bits per heavy atom. The molecule has 0 fully saturated rings. The minimum atomic E-state index is 0. The van der Waals surface area contributed by atoms with Crippen LogP contribution in [0.5, 0.6) is 17.2 Å². The molecular formula is C19H26IN3O3. The number of halogens is 1. The van der Waals surface area contributed by atoms with Crippen LogP contribution in [0.3, 0.4) is 0 Å². The predicted octanol–water partition coefficient (Wildman–Crippen LogP) is 3.83. The summed E-state index contributed by atoms with van der Waals surface area (Å²) in [6.07, 6.45) is 0. The van der Waals surface area contributed by atoms with Crippen LogP contribution < -0.4 is 24.8 Å². The number of hydrogen-bond acceptors (Lipinski definition) is 4. The number of rotatable bonds is 6. The molecule has 26 heavy (non-hydrogen) atoms. The number of ether oxygens (including phenoxy) is 3. The van der Waals surface area contributed by atoms with E-state index in [1.807, 2.05) is 37.3 Å². The van der Waals surface area contributed by atoms with Crippen molar-refractivity contribution < 1.29 is 14.2 Å². The lowest BCUT2D eigenvalue weighted by Gasteiger charge is -2.14. The summed E-state index contributed by atoms with van der Waals surface area (Å²) in [7, 11) is 6.63. The Bertz CT molecular complexity index is 751. The molecule has 0 saturated carbocycles. The van der Waals surface area contributed by atoms with Gasteiger partial charge in [-0.3, -0.25) is 4.99 Å². The molecule has 0 aliphatic carbocycles. The lowest BCUT2D eigenvalue weighted by Crippen LogP contribution is -2.30. The number of benzene rings is 2. The Morgan fingerprint density at radius 2 is 1.62 bits per heavy atom. The fraction of sp³-hybridized carbons (Fsp3) is 0.316. The topological polar surface area (TPSA) is 64.1 Å². The second-order valence-electron chi connectivity index (χ2n) is 5.42. The normalized spacial score (nSPS) is 10.6. The third-order valence-corrected chi connectivity index (χ3v) is 3.80. The van der Waals surface area contributed by atoms with Crippen LogP contribution in [0, 0.1) is 6.92 Å². The maximum absolute atomic E-state index is 5.36. The average Bonchev–Trinajstić information content (AvgIpc) is 2.65. The highest BCUT2D eigenvalue weighted by Crippen LogP contribution is 2.29. The molecule has 2 N–H and O–H groups in total. The third kappa shape index (κ3) is 5.69. The number of aryl methyl sites for hydroxylation is 1. The highest BCUT2D eigenvalue weighted by molar-refractivity contribution is 14.0. The lowest BCUT2D eigenvalue weighted by atomic mass is 10.1. The first-order valence-corrected chi connectivity index (χ1v) is 7.94. The fourth-order valence-electron chi connectivity index (χ4n) is 2.39. The number of guanidine groups is 1. The predicted molar refractivity (Wildman–Crippen MR) is 117 cm³/mol. The molecule has 0 aliphatic heterocycles. The Balaban J connectivity index is 0.00000338. The zero-order chi connectivity index (χ0) is 18.2. The summed E-state index contributed by atoms with van der Waals surface area (Å²) in [4.78, 5) is 4.25. The monoisotopic (exact) mass is 471 g/mol. The van der Waals surface area contributed by atoms with E-state index in [0.29, 0.717) is 24.0 Å². The molecule has 0 radical (unpaired) electrons. The van der Waals surface area contributed by atoms with Crippen molar-refractivity contribution in [1.82, 2.24) is 5.32 Å². The van der Waals surface area contributed by atoms with Gasteiger partial charge in [0, 0.05) is 25.3 Å². The molecule has 2 aromatic rings. The summed E-state index contributed by atoms with van der Waals surface area (Å²) in [5.41, 5.74) is 3.07. The molecule has 0 unspecified atom stereocenters. The SMILES string of the molecule is CN=C(NCc1ccc(C)c(OC)c1)Nc1ccc(OC)c(OC)c1.I. The van der Waals surface area contributed by atoms with E-state index in [-0.39, 0.29) is 24.0 Å². The second kappa shape index (κ2) is 10.7. The highest BCUT2D eigenvalue weighted by Gasteiger charge is 2.07. The smallest absolute Gasteiger partial charge is 0.195 e. The molecule has 0 atom stereocenters. The zero-order valence-electron chi connectivity index (χ0n) is 15.8. The van der Waals surface area contributed by atoms with Crippen molar-refractivity contribution in [3.8, 4) is 17.2 Å². The van der Waals surface area contributed by atoms with Crippen molar-refractivity contribution in [3.05, 3.63) is 47.5 Å². The minimum absolute atomic E-state index is 0. The van der Waals surface area contributed by atoms with Gasteiger partial charge in [-0.15, -0.1) is 24.0 Å². The van der Waals surface area contributed by atoms with Crippen LogP contribution in [-0.4, -0.2) is 34.3 Å². The summed E-state index contributed by atoms with van der Waals surface area (Å²) in [5.74, 6) is 2.88. The van der Waals surface area contributed by atoms with Gasteiger partial charge < -0.3 is 24.8 Å². The quantitative estimate of drug-likeness (QED) is 0.381. The van der Waals surface area contributed by atoms with Crippen molar-refractivity contribution >= 4 is 35.6 Å². The average molecular weight is 471 g/mol. The van der Waals surface area contributed by atoms with E-state index in [1.54, 1.807) is 28.4 Å². The Labute approximate surface area is 172 Å². The summed E-state index contributed by atoms with van der Waals surface area (Å²) < 4.78 is 15.9. The van der Waals surface area contributed by atoms with Gasteiger partial charge in [-0.1, -0.05) is 12.1 Å². The van der Waals surface area contributed by atoms with Crippen LogP contribution in [0.2, 0.25) is 0 Å². The number of hydrogen-bond donors (Lipinski definition) is 2. The highest BCUT2D eigenvalue weighted by atomic mass is 127. The number of aliphatic imine (C=N–C) groups is 1.